The van der Waals surface area contributed by atoms with Crippen molar-refractivity contribution in [2.45, 2.75) is 6.54 Å². The first-order valence-electron chi connectivity index (χ1n) is 8.30. The minimum Gasteiger partial charge on any atom is -0.379 e. The maximum absolute atomic E-state index is 13.2. The van der Waals surface area contributed by atoms with Gasteiger partial charge in [-0.1, -0.05) is 35.9 Å². The highest BCUT2D eigenvalue weighted by atomic mass is 35.5. The second-order valence-corrected chi connectivity index (χ2v) is 6.43. The van der Waals surface area contributed by atoms with Gasteiger partial charge in [-0.05, 0) is 24.3 Å². The van der Waals surface area contributed by atoms with Gasteiger partial charge in [-0.3, -0.25) is 14.3 Å². The van der Waals surface area contributed by atoms with Crippen LogP contribution in [-0.4, -0.2) is 40.8 Å². The van der Waals surface area contributed by atoms with Gasteiger partial charge in [0.1, 0.15) is 5.82 Å². The predicted molar refractivity (Wildman–Crippen MR) is 98.4 cm³/mol. The van der Waals surface area contributed by atoms with Crippen LogP contribution in [0.4, 0.5) is 0 Å². The summed E-state index contributed by atoms with van der Waals surface area (Å²) in [4.78, 5) is 20.2. The Morgan fingerprint density at radius 3 is 2.56 bits per heavy atom. The molecule has 25 heavy (non-hydrogen) atoms. The van der Waals surface area contributed by atoms with Gasteiger partial charge < -0.3 is 4.74 Å². The fourth-order valence-corrected chi connectivity index (χ4v) is 3.35. The standard InChI is InChI=1S/C19H18ClN3O2/c20-15-6-2-4-8-17(15)23-18(13-22-9-11-25-12-10-22)21-16-7-3-1-5-14(16)19(23)24/h1-8H,9-13H2. The van der Waals surface area contributed by atoms with Crippen molar-refractivity contribution in [2.24, 2.45) is 0 Å². The Hall–Kier alpha value is -2.21. The van der Waals surface area contributed by atoms with E-state index in [1.807, 2.05) is 36.4 Å². The van der Waals surface area contributed by atoms with E-state index in [0.29, 0.717) is 47.2 Å². The molecular weight excluding hydrogens is 338 g/mol. The normalized spacial score (nSPS) is 15.6. The molecule has 0 unspecified atom stereocenters. The summed E-state index contributed by atoms with van der Waals surface area (Å²) < 4.78 is 7.05. The number of benzene rings is 2. The van der Waals surface area contributed by atoms with E-state index in [1.54, 1.807) is 16.7 Å². The minimum atomic E-state index is -0.0954. The fourth-order valence-electron chi connectivity index (χ4n) is 3.13. The Bertz CT molecular complexity index is 964. The van der Waals surface area contributed by atoms with Gasteiger partial charge in [-0.15, -0.1) is 0 Å². The van der Waals surface area contributed by atoms with E-state index in [1.165, 1.54) is 0 Å². The Balaban J connectivity index is 1.91. The van der Waals surface area contributed by atoms with E-state index in [4.69, 9.17) is 21.3 Å². The van der Waals surface area contributed by atoms with E-state index >= 15 is 0 Å². The van der Waals surface area contributed by atoms with Crippen molar-refractivity contribution in [2.75, 3.05) is 26.3 Å². The first-order valence-corrected chi connectivity index (χ1v) is 8.67. The summed E-state index contributed by atoms with van der Waals surface area (Å²) in [6.45, 7) is 3.62. The van der Waals surface area contributed by atoms with Crippen LogP contribution in [0.5, 0.6) is 0 Å². The molecule has 1 fully saturated rings. The molecule has 1 aliphatic rings. The van der Waals surface area contributed by atoms with E-state index < -0.39 is 0 Å². The molecule has 0 aliphatic carbocycles. The highest BCUT2D eigenvalue weighted by Gasteiger charge is 2.18. The molecule has 0 bridgehead atoms. The van der Waals surface area contributed by atoms with Crippen LogP contribution in [0.2, 0.25) is 5.02 Å². The molecule has 0 N–H and O–H groups in total. The quantitative estimate of drug-likeness (QED) is 0.725. The third-order valence-corrected chi connectivity index (χ3v) is 4.73. The van der Waals surface area contributed by atoms with Gasteiger partial charge in [-0.25, -0.2) is 4.98 Å². The zero-order valence-electron chi connectivity index (χ0n) is 13.7. The number of morpholine rings is 1. The molecule has 0 amide bonds. The second kappa shape index (κ2) is 6.96. The number of halogens is 1. The average Bonchev–Trinajstić information content (AvgIpc) is 2.64. The molecule has 1 aromatic heterocycles. The lowest BCUT2D eigenvalue weighted by Gasteiger charge is -2.27. The van der Waals surface area contributed by atoms with Crippen LogP contribution in [0.1, 0.15) is 5.82 Å². The first kappa shape index (κ1) is 16.3. The van der Waals surface area contributed by atoms with Gasteiger partial charge in [0.15, 0.2) is 0 Å². The van der Waals surface area contributed by atoms with Gasteiger partial charge in [0.2, 0.25) is 0 Å². The van der Waals surface area contributed by atoms with E-state index in [9.17, 15) is 4.79 Å². The zero-order chi connectivity index (χ0) is 17.2. The number of fused-ring (bicyclic) bond motifs is 1. The number of ether oxygens (including phenoxy) is 1. The van der Waals surface area contributed by atoms with Gasteiger partial charge in [0.25, 0.3) is 5.56 Å². The van der Waals surface area contributed by atoms with Crippen molar-refractivity contribution < 1.29 is 4.74 Å². The molecule has 2 aromatic carbocycles. The second-order valence-electron chi connectivity index (χ2n) is 6.03. The summed E-state index contributed by atoms with van der Waals surface area (Å²) in [5.41, 5.74) is 1.27. The van der Waals surface area contributed by atoms with Gasteiger partial charge in [0.05, 0.1) is 41.4 Å². The predicted octanol–water partition coefficient (Wildman–Crippen LogP) is 2.87. The third kappa shape index (κ3) is 3.18. The van der Waals surface area contributed by atoms with Crippen molar-refractivity contribution in [1.29, 1.82) is 0 Å². The molecule has 0 spiro atoms. The van der Waals surface area contributed by atoms with Crippen molar-refractivity contribution >= 4 is 22.5 Å². The number of hydrogen-bond donors (Lipinski definition) is 0. The smallest absolute Gasteiger partial charge is 0.266 e. The molecule has 1 aliphatic heterocycles. The molecule has 4 rings (SSSR count). The summed E-state index contributed by atoms with van der Waals surface area (Å²) in [6.07, 6.45) is 0. The number of hydrogen-bond acceptors (Lipinski definition) is 4. The van der Waals surface area contributed by atoms with Crippen molar-refractivity contribution in [3.05, 3.63) is 69.7 Å². The average molecular weight is 356 g/mol. The Morgan fingerprint density at radius 1 is 1.04 bits per heavy atom. The van der Waals surface area contributed by atoms with Crippen LogP contribution in [0.3, 0.4) is 0 Å². The van der Waals surface area contributed by atoms with Gasteiger partial charge in [-0.2, -0.15) is 0 Å². The van der Waals surface area contributed by atoms with Crippen LogP contribution in [-0.2, 0) is 11.3 Å². The van der Waals surface area contributed by atoms with Crippen LogP contribution >= 0.6 is 11.6 Å². The summed E-state index contributed by atoms with van der Waals surface area (Å²) in [6, 6.07) is 14.8. The maximum atomic E-state index is 13.2. The highest BCUT2D eigenvalue weighted by Crippen LogP contribution is 2.21. The molecule has 0 atom stereocenters. The molecule has 128 valence electrons. The Labute approximate surface area is 150 Å². The number of nitrogens with zero attached hydrogens (tertiary/aromatic N) is 3. The fraction of sp³-hybridized carbons (Fsp3) is 0.263. The summed E-state index contributed by atoms with van der Waals surface area (Å²) in [5.74, 6) is 0.693. The number of aromatic nitrogens is 2. The lowest BCUT2D eigenvalue weighted by atomic mass is 10.2. The number of para-hydroxylation sites is 2. The molecule has 0 saturated carbocycles. The van der Waals surface area contributed by atoms with Gasteiger partial charge >= 0.3 is 0 Å². The largest absolute Gasteiger partial charge is 0.379 e. The third-order valence-electron chi connectivity index (χ3n) is 4.41. The van der Waals surface area contributed by atoms with Crippen molar-refractivity contribution in [1.82, 2.24) is 14.5 Å². The van der Waals surface area contributed by atoms with E-state index in [2.05, 4.69) is 4.90 Å². The Morgan fingerprint density at radius 2 is 1.76 bits per heavy atom. The summed E-state index contributed by atoms with van der Waals surface area (Å²) in [5, 5.41) is 1.12. The molecule has 0 radical (unpaired) electrons. The van der Waals surface area contributed by atoms with E-state index in [-0.39, 0.29) is 5.56 Å². The summed E-state index contributed by atoms with van der Waals surface area (Å²) >= 11 is 6.38. The SMILES string of the molecule is O=c1c2ccccc2nc(CN2CCOCC2)n1-c1ccccc1Cl. The topological polar surface area (TPSA) is 47.4 Å². The molecule has 6 heteroatoms. The first-order chi connectivity index (χ1) is 12.2. The monoisotopic (exact) mass is 355 g/mol. The van der Waals surface area contributed by atoms with Crippen molar-refractivity contribution in [3.63, 3.8) is 0 Å². The van der Waals surface area contributed by atoms with Crippen LogP contribution in [0.25, 0.3) is 16.6 Å². The molecule has 5 nitrogen and oxygen atoms in total. The number of rotatable bonds is 3. The minimum absolute atomic E-state index is 0.0954. The van der Waals surface area contributed by atoms with Crippen LogP contribution in [0, 0.1) is 0 Å². The van der Waals surface area contributed by atoms with Crippen LogP contribution < -0.4 is 5.56 Å². The van der Waals surface area contributed by atoms with Crippen LogP contribution in [0.15, 0.2) is 53.3 Å². The van der Waals surface area contributed by atoms with E-state index in [0.717, 1.165) is 13.1 Å². The summed E-state index contributed by atoms with van der Waals surface area (Å²) in [7, 11) is 0. The van der Waals surface area contributed by atoms with Crippen molar-refractivity contribution in [3.8, 4) is 5.69 Å². The lowest BCUT2D eigenvalue weighted by Crippen LogP contribution is -2.38. The molecular formula is C19H18ClN3O2. The highest BCUT2D eigenvalue weighted by molar-refractivity contribution is 6.32. The zero-order valence-corrected chi connectivity index (χ0v) is 14.4. The maximum Gasteiger partial charge on any atom is 0.266 e. The lowest BCUT2D eigenvalue weighted by molar-refractivity contribution is 0.0327. The Kier molecular flexibility index (Phi) is 4.53. The molecule has 1 saturated heterocycles. The molecule has 3 aromatic rings. The van der Waals surface area contributed by atoms with Gasteiger partial charge in [0, 0.05) is 13.1 Å². The molecule has 2 heterocycles.